The van der Waals surface area contributed by atoms with Gasteiger partial charge in [0.05, 0.1) is 11.9 Å². The molecular formula is C16H19F2NO3. The summed E-state index contributed by atoms with van der Waals surface area (Å²) in [7, 11) is 0. The first-order valence-electron chi connectivity index (χ1n) is 6.84. The molecule has 2 rings (SSSR count). The summed E-state index contributed by atoms with van der Waals surface area (Å²) in [6.07, 6.45) is 2.93. The Morgan fingerprint density at radius 3 is 2.41 bits per heavy atom. The van der Waals surface area contributed by atoms with Gasteiger partial charge in [0.15, 0.2) is 11.6 Å². The highest BCUT2D eigenvalue weighted by molar-refractivity contribution is 5.29. The summed E-state index contributed by atoms with van der Waals surface area (Å²) in [5.41, 5.74) is 1.51. The van der Waals surface area contributed by atoms with E-state index in [1.165, 1.54) is 18.2 Å². The van der Waals surface area contributed by atoms with E-state index in [2.05, 4.69) is 4.98 Å². The van der Waals surface area contributed by atoms with E-state index in [9.17, 15) is 8.78 Å². The summed E-state index contributed by atoms with van der Waals surface area (Å²) in [4.78, 5) is 3.85. The Morgan fingerprint density at radius 1 is 1.14 bits per heavy atom. The first-order valence-corrected chi connectivity index (χ1v) is 6.84. The molecule has 1 aromatic heterocycles. The summed E-state index contributed by atoms with van der Waals surface area (Å²) in [6.45, 7) is 1.41. The van der Waals surface area contributed by atoms with Gasteiger partial charge in [0.1, 0.15) is 19.2 Å². The molecule has 4 nitrogen and oxygen atoms in total. The lowest BCUT2D eigenvalue weighted by Crippen LogP contribution is -2.00. The van der Waals surface area contributed by atoms with Crippen LogP contribution in [0.4, 0.5) is 8.78 Å². The van der Waals surface area contributed by atoms with E-state index in [4.69, 9.17) is 14.9 Å². The summed E-state index contributed by atoms with van der Waals surface area (Å²) >= 11 is 0. The van der Waals surface area contributed by atoms with Gasteiger partial charge in [-0.25, -0.2) is 8.78 Å². The molecule has 0 spiro atoms. The second-order valence-electron chi connectivity index (χ2n) is 4.41. The number of aliphatic hydroxyl groups is 2. The molecule has 0 bridgehead atoms. The second kappa shape index (κ2) is 9.81. The summed E-state index contributed by atoms with van der Waals surface area (Å²) in [6, 6.07) is 7.76. The van der Waals surface area contributed by atoms with Crippen molar-refractivity contribution in [2.24, 2.45) is 0 Å². The van der Waals surface area contributed by atoms with Gasteiger partial charge >= 0.3 is 0 Å². The number of nitrogens with zero attached hydrogens (tertiary/aromatic N) is 1. The van der Waals surface area contributed by atoms with Crippen LogP contribution in [-0.2, 0) is 13.0 Å². The Hall–Kier alpha value is -2.05. The van der Waals surface area contributed by atoms with Gasteiger partial charge in [0, 0.05) is 0 Å². The topological polar surface area (TPSA) is 62.6 Å². The van der Waals surface area contributed by atoms with Crippen LogP contribution >= 0.6 is 0 Å². The van der Waals surface area contributed by atoms with Crippen LogP contribution in [0.3, 0.4) is 0 Å². The molecule has 0 fully saturated rings. The van der Waals surface area contributed by atoms with Crippen LogP contribution in [0.2, 0.25) is 0 Å². The lowest BCUT2D eigenvalue weighted by atomic mass is 10.1. The molecule has 0 unspecified atom stereocenters. The van der Waals surface area contributed by atoms with Gasteiger partial charge in [-0.1, -0.05) is 19.4 Å². The van der Waals surface area contributed by atoms with Crippen LogP contribution in [0, 0.1) is 11.6 Å². The van der Waals surface area contributed by atoms with E-state index in [0.29, 0.717) is 5.69 Å². The minimum Gasteiger partial charge on any atom is -0.484 e. The van der Waals surface area contributed by atoms with Crippen molar-refractivity contribution in [3.63, 3.8) is 0 Å². The van der Waals surface area contributed by atoms with Crippen molar-refractivity contribution in [1.82, 2.24) is 4.98 Å². The standard InChI is InChI=1S/C15H15F2NO.CH4O2/c1-2-3-11-4-7-15(14(17)8-11)19-10-13-6-5-12(16)9-18-13;2-1-3/h4-9H,2-3,10H2,1H3;2-3H,1H2. The van der Waals surface area contributed by atoms with Crippen molar-refractivity contribution in [3.8, 4) is 5.75 Å². The third-order valence-corrected chi connectivity index (χ3v) is 2.70. The lowest BCUT2D eigenvalue weighted by Gasteiger charge is -2.08. The molecule has 1 heterocycles. The van der Waals surface area contributed by atoms with Crippen molar-refractivity contribution in [2.75, 3.05) is 6.79 Å². The van der Waals surface area contributed by atoms with Crippen LogP contribution < -0.4 is 4.74 Å². The van der Waals surface area contributed by atoms with Crippen molar-refractivity contribution < 1.29 is 23.7 Å². The van der Waals surface area contributed by atoms with Crippen molar-refractivity contribution in [1.29, 1.82) is 0 Å². The molecule has 0 aliphatic rings. The SMILES string of the molecule is CCCc1ccc(OCc2ccc(F)cn2)c(F)c1.OCO. The fraction of sp³-hybridized carbons (Fsp3) is 0.312. The first-order chi connectivity index (χ1) is 10.6. The predicted octanol–water partition coefficient (Wildman–Crippen LogP) is 2.82. The number of aliphatic hydroxyl groups excluding tert-OH is 1. The maximum Gasteiger partial charge on any atom is 0.165 e. The normalized spacial score (nSPS) is 9.86. The van der Waals surface area contributed by atoms with Crippen LogP contribution in [0.1, 0.15) is 24.6 Å². The van der Waals surface area contributed by atoms with Gasteiger partial charge in [-0.15, -0.1) is 0 Å². The molecule has 0 aliphatic carbocycles. The van der Waals surface area contributed by atoms with E-state index in [-0.39, 0.29) is 18.2 Å². The number of aromatic nitrogens is 1. The number of benzene rings is 1. The largest absolute Gasteiger partial charge is 0.484 e. The Bertz CT molecular complexity index is 562. The van der Waals surface area contributed by atoms with Crippen molar-refractivity contribution in [3.05, 3.63) is 59.4 Å². The van der Waals surface area contributed by atoms with Crippen molar-refractivity contribution >= 4 is 0 Å². The monoisotopic (exact) mass is 311 g/mol. The number of aryl methyl sites for hydroxylation is 1. The molecule has 2 aromatic rings. The van der Waals surface area contributed by atoms with Crippen LogP contribution in [-0.4, -0.2) is 22.0 Å². The number of pyridine rings is 1. The maximum atomic E-state index is 13.7. The third-order valence-electron chi connectivity index (χ3n) is 2.70. The number of rotatable bonds is 5. The van der Waals surface area contributed by atoms with Crippen LogP contribution in [0.15, 0.2) is 36.5 Å². The van der Waals surface area contributed by atoms with E-state index < -0.39 is 12.6 Å². The molecule has 0 aliphatic heterocycles. The van der Waals surface area contributed by atoms with E-state index in [1.54, 1.807) is 6.07 Å². The fourth-order valence-corrected chi connectivity index (χ4v) is 1.75. The van der Waals surface area contributed by atoms with Crippen LogP contribution in [0.25, 0.3) is 0 Å². The molecule has 0 atom stereocenters. The van der Waals surface area contributed by atoms with Gasteiger partial charge in [-0.05, 0) is 36.2 Å². The third kappa shape index (κ3) is 6.15. The van der Waals surface area contributed by atoms with E-state index in [0.717, 1.165) is 24.6 Å². The number of hydrogen-bond donors (Lipinski definition) is 2. The van der Waals surface area contributed by atoms with Gasteiger partial charge < -0.3 is 14.9 Å². The summed E-state index contributed by atoms with van der Waals surface area (Å²) < 4.78 is 31.7. The smallest absolute Gasteiger partial charge is 0.165 e. The zero-order valence-corrected chi connectivity index (χ0v) is 12.3. The average Bonchev–Trinajstić information content (AvgIpc) is 2.49. The zero-order chi connectivity index (χ0) is 16.4. The number of hydrogen-bond acceptors (Lipinski definition) is 4. The van der Waals surface area contributed by atoms with Gasteiger partial charge in [-0.2, -0.15) is 0 Å². The predicted molar refractivity (Wildman–Crippen MR) is 78.2 cm³/mol. The minimum absolute atomic E-state index is 0.115. The molecule has 6 heteroatoms. The molecule has 0 saturated carbocycles. The molecule has 120 valence electrons. The number of halogens is 2. The first kappa shape index (κ1) is 18.0. The Balaban J connectivity index is 0.000000745. The van der Waals surface area contributed by atoms with Gasteiger partial charge in [0.2, 0.25) is 0 Å². The van der Waals surface area contributed by atoms with Gasteiger partial charge in [-0.3, -0.25) is 4.98 Å². The van der Waals surface area contributed by atoms with Gasteiger partial charge in [0.25, 0.3) is 0 Å². The quantitative estimate of drug-likeness (QED) is 0.834. The second-order valence-corrected chi connectivity index (χ2v) is 4.41. The summed E-state index contributed by atoms with van der Waals surface area (Å²) in [5.74, 6) is -0.599. The highest BCUT2D eigenvalue weighted by Gasteiger charge is 2.05. The van der Waals surface area contributed by atoms with Crippen molar-refractivity contribution in [2.45, 2.75) is 26.4 Å². The maximum absolute atomic E-state index is 13.7. The molecular weight excluding hydrogens is 292 g/mol. The summed E-state index contributed by atoms with van der Waals surface area (Å²) in [5, 5.41) is 14.2. The Kier molecular flexibility index (Phi) is 8.03. The molecule has 0 amide bonds. The van der Waals surface area contributed by atoms with E-state index >= 15 is 0 Å². The highest BCUT2D eigenvalue weighted by atomic mass is 19.1. The Morgan fingerprint density at radius 2 is 1.86 bits per heavy atom. The molecule has 0 saturated heterocycles. The van der Waals surface area contributed by atoms with Crippen LogP contribution in [0.5, 0.6) is 5.75 Å². The molecule has 2 N–H and O–H groups in total. The van der Waals surface area contributed by atoms with E-state index in [1.807, 2.05) is 13.0 Å². The molecule has 22 heavy (non-hydrogen) atoms. The average molecular weight is 311 g/mol. The highest BCUT2D eigenvalue weighted by Crippen LogP contribution is 2.20. The minimum atomic E-state index is -0.750. The molecule has 1 aromatic carbocycles. The zero-order valence-electron chi connectivity index (χ0n) is 12.3. The fourth-order valence-electron chi connectivity index (χ4n) is 1.75. The number of ether oxygens (including phenoxy) is 1. The Labute approximate surface area is 128 Å². The lowest BCUT2D eigenvalue weighted by molar-refractivity contribution is 0.0773. The molecule has 0 radical (unpaired) electrons.